The molecule has 0 aliphatic rings. The van der Waals surface area contributed by atoms with Crippen LogP contribution in [-0.2, 0) is 0 Å². The van der Waals surface area contributed by atoms with Crippen molar-refractivity contribution in [3.05, 3.63) is 60.4 Å². The monoisotopic (exact) mass is 247 g/mol. The number of nitrogens with zero attached hydrogens (tertiary/aromatic N) is 2. The highest BCUT2D eigenvalue weighted by Gasteiger charge is 2.08. The normalized spacial score (nSPS) is 11.4. The molecule has 0 unspecified atom stereocenters. The minimum absolute atomic E-state index is 1.11. The number of H-pyrrole nitrogens is 1. The van der Waals surface area contributed by atoms with Crippen LogP contribution >= 0.6 is 0 Å². The Balaban J connectivity index is 2.07. The Labute approximate surface area is 110 Å². The van der Waals surface area contributed by atoms with Crippen LogP contribution in [0, 0.1) is 6.92 Å². The van der Waals surface area contributed by atoms with Gasteiger partial charge in [-0.3, -0.25) is 0 Å². The molecule has 4 aromatic rings. The van der Waals surface area contributed by atoms with Gasteiger partial charge in [0.05, 0.1) is 17.4 Å². The van der Waals surface area contributed by atoms with Gasteiger partial charge >= 0.3 is 0 Å². The zero-order valence-corrected chi connectivity index (χ0v) is 10.6. The number of hydrogen-bond donors (Lipinski definition) is 1. The first kappa shape index (κ1) is 10.4. The van der Waals surface area contributed by atoms with E-state index in [4.69, 9.17) is 0 Å². The van der Waals surface area contributed by atoms with Gasteiger partial charge in [0.15, 0.2) is 0 Å². The molecule has 4 rings (SSSR count). The molecule has 19 heavy (non-hydrogen) atoms. The smallest absolute Gasteiger partial charge is 0.0746 e. The molecule has 0 bridgehead atoms. The molecule has 0 atom stereocenters. The zero-order valence-electron chi connectivity index (χ0n) is 10.6. The standard InChI is InChI=1S/C16H13N3/c1-11-5-6-15-12(9-11)10-18-19(15)16-4-2-3-14-13(16)7-8-17-14/h2-10,17H,1H3. The lowest BCUT2D eigenvalue weighted by Gasteiger charge is -2.05. The Bertz CT molecular complexity index is 883. The van der Waals surface area contributed by atoms with Gasteiger partial charge < -0.3 is 4.98 Å². The van der Waals surface area contributed by atoms with Crippen molar-refractivity contribution in [2.45, 2.75) is 6.92 Å². The fourth-order valence-corrected chi connectivity index (χ4v) is 2.60. The lowest BCUT2D eigenvalue weighted by Crippen LogP contribution is -1.96. The molecule has 2 aromatic heterocycles. The molecule has 0 fully saturated rings. The van der Waals surface area contributed by atoms with Gasteiger partial charge in [-0.1, -0.05) is 17.7 Å². The van der Waals surface area contributed by atoms with Crippen LogP contribution in [0.5, 0.6) is 0 Å². The van der Waals surface area contributed by atoms with Crippen LogP contribution in [-0.4, -0.2) is 14.8 Å². The third-order valence-corrected chi connectivity index (χ3v) is 3.52. The van der Waals surface area contributed by atoms with E-state index < -0.39 is 0 Å². The summed E-state index contributed by atoms with van der Waals surface area (Å²) in [4.78, 5) is 3.24. The third kappa shape index (κ3) is 1.48. The first-order valence-corrected chi connectivity index (χ1v) is 6.34. The maximum Gasteiger partial charge on any atom is 0.0746 e. The van der Waals surface area contributed by atoms with Gasteiger partial charge in [0, 0.05) is 22.5 Å². The predicted octanol–water partition coefficient (Wildman–Crippen LogP) is 3.82. The average Bonchev–Trinajstić information content (AvgIpc) is 3.03. The summed E-state index contributed by atoms with van der Waals surface area (Å²) in [7, 11) is 0. The summed E-state index contributed by atoms with van der Waals surface area (Å²) in [5.41, 5.74) is 4.64. The number of benzene rings is 2. The molecular weight excluding hydrogens is 234 g/mol. The summed E-state index contributed by atoms with van der Waals surface area (Å²) in [6.45, 7) is 2.10. The highest BCUT2D eigenvalue weighted by atomic mass is 15.3. The Kier molecular flexibility index (Phi) is 2.03. The number of rotatable bonds is 1. The van der Waals surface area contributed by atoms with E-state index in [-0.39, 0.29) is 0 Å². The van der Waals surface area contributed by atoms with Gasteiger partial charge in [-0.25, -0.2) is 4.68 Å². The number of fused-ring (bicyclic) bond motifs is 2. The van der Waals surface area contributed by atoms with Gasteiger partial charge in [-0.05, 0) is 37.3 Å². The first-order valence-electron chi connectivity index (χ1n) is 6.34. The number of aromatic amines is 1. The van der Waals surface area contributed by atoms with E-state index in [1.165, 1.54) is 16.3 Å². The van der Waals surface area contributed by atoms with Gasteiger partial charge in [0.25, 0.3) is 0 Å². The molecule has 2 heterocycles. The van der Waals surface area contributed by atoms with E-state index in [1.807, 2.05) is 17.1 Å². The second kappa shape index (κ2) is 3.72. The largest absolute Gasteiger partial charge is 0.361 e. The SMILES string of the molecule is Cc1ccc2c(cnn2-c2cccc3[nH]ccc23)c1. The molecule has 0 spiro atoms. The maximum absolute atomic E-state index is 4.54. The van der Waals surface area contributed by atoms with E-state index in [0.717, 1.165) is 16.7 Å². The van der Waals surface area contributed by atoms with E-state index in [0.29, 0.717) is 0 Å². The molecular formula is C16H13N3. The van der Waals surface area contributed by atoms with E-state index in [2.05, 4.69) is 59.5 Å². The van der Waals surface area contributed by atoms with Crippen molar-refractivity contribution in [1.29, 1.82) is 0 Å². The van der Waals surface area contributed by atoms with Crippen LogP contribution in [0.4, 0.5) is 0 Å². The van der Waals surface area contributed by atoms with Crippen molar-refractivity contribution in [3.63, 3.8) is 0 Å². The Morgan fingerprint density at radius 2 is 2.05 bits per heavy atom. The predicted molar refractivity (Wildman–Crippen MR) is 77.7 cm³/mol. The summed E-state index contributed by atoms with van der Waals surface area (Å²) < 4.78 is 2.00. The zero-order chi connectivity index (χ0) is 12.8. The van der Waals surface area contributed by atoms with E-state index in [1.54, 1.807) is 0 Å². The second-order valence-corrected chi connectivity index (χ2v) is 4.83. The summed E-state index contributed by atoms with van der Waals surface area (Å²) >= 11 is 0. The molecule has 2 aromatic carbocycles. The molecule has 92 valence electrons. The van der Waals surface area contributed by atoms with Gasteiger partial charge in [-0.15, -0.1) is 0 Å². The molecule has 0 aliphatic heterocycles. The Hall–Kier alpha value is -2.55. The number of hydrogen-bond acceptors (Lipinski definition) is 1. The summed E-state index contributed by atoms with van der Waals surface area (Å²) in [6, 6.07) is 14.7. The van der Waals surface area contributed by atoms with Crippen LogP contribution < -0.4 is 0 Å². The van der Waals surface area contributed by atoms with Crippen LogP contribution in [0.3, 0.4) is 0 Å². The first-order chi connectivity index (χ1) is 9.33. The van der Waals surface area contributed by atoms with Crippen molar-refractivity contribution < 1.29 is 0 Å². The molecule has 3 nitrogen and oxygen atoms in total. The minimum atomic E-state index is 1.11. The van der Waals surface area contributed by atoms with Crippen molar-refractivity contribution in [2.24, 2.45) is 0 Å². The van der Waals surface area contributed by atoms with Crippen LogP contribution in [0.25, 0.3) is 27.5 Å². The topological polar surface area (TPSA) is 33.6 Å². The number of aromatic nitrogens is 3. The highest BCUT2D eigenvalue weighted by Crippen LogP contribution is 2.25. The number of aryl methyl sites for hydroxylation is 1. The van der Waals surface area contributed by atoms with E-state index in [9.17, 15) is 0 Å². The maximum atomic E-state index is 4.54. The van der Waals surface area contributed by atoms with Crippen LogP contribution in [0.2, 0.25) is 0 Å². The van der Waals surface area contributed by atoms with Gasteiger partial charge in [-0.2, -0.15) is 5.10 Å². The molecule has 1 N–H and O–H groups in total. The summed E-state index contributed by atoms with van der Waals surface area (Å²) in [5.74, 6) is 0. The fraction of sp³-hybridized carbons (Fsp3) is 0.0625. The molecule has 0 radical (unpaired) electrons. The summed E-state index contributed by atoms with van der Waals surface area (Å²) in [6.07, 6.45) is 3.89. The van der Waals surface area contributed by atoms with Crippen LogP contribution in [0.1, 0.15) is 5.56 Å². The van der Waals surface area contributed by atoms with Crippen molar-refractivity contribution in [3.8, 4) is 5.69 Å². The lowest BCUT2D eigenvalue weighted by atomic mass is 10.2. The Morgan fingerprint density at radius 1 is 1.11 bits per heavy atom. The van der Waals surface area contributed by atoms with Gasteiger partial charge in [0.1, 0.15) is 0 Å². The van der Waals surface area contributed by atoms with Crippen LogP contribution in [0.15, 0.2) is 54.9 Å². The minimum Gasteiger partial charge on any atom is -0.361 e. The van der Waals surface area contributed by atoms with Gasteiger partial charge in [0.2, 0.25) is 0 Å². The number of nitrogens with one attached hydrogen (secondary N) is 1. The molecule has 0 saturated heterocycles. The quantitative estimate of drug-likeness (QED) is 0.545. The third-order valence-electron chi connectivity index (χ3n) is 3.52. The van der Waals surface area contributed by atoms with Crippen molar-refractivity contribution >= 4 is 21.8 Å². The molecule has 0 aliphatic carbocycles. The fourth-order valence-electron chi connectivity index (χ4n) is 2.60. The second-order valence-electron chi connectivity index (χ2n) is 4.83. The lowest BCUT2D eigenvalue weighted by molar-refractivity contribution is 0.918. The molecule has 0 amide bonds. The van der Waals surface area contributed by atoms with E-state index >= 15 is 0 Å². The molecule has 3 heteroatoms. The Morgan fingerprint density at radius 3 is 3.00 bits per heavy atom. The molecule has 0 saturated carbocycles. The highest BCUT2D eigenvalue weighted by molar-refractivity contribution is 5.90. The summed E-state index contributed by atoms with van der Waals surface area (Å²) in [5, 5.41) is 6.90. The van der Waals surface area contributed by atoms with Crippen molar-refractivity contribution in [1.82, 2.24) is 14.8 Å². The average molecular weight is 247 g/mol. The van der Waals surface area contributed by atoms with Crippen molar-refractivity contribution in [2.75, 3.05) is 0 Å².